The number of benzene rings is 2. The zero-order valence-corrected chi connectivity index (χ0v) is 17.8. The molecule has 0 saturated carbocycles. The molecule has 0 spiro atoms. The van der Waals surface area contributed by atoms with E-state index in [4.69, 9.17) is 9.47 Å². The molecule has 2 aromatic carbocycles. The van der Waals surface area contributed by atoms with Crippen LogP contribution in [0.5, 0.6) is 11.5 Å². The molecule has 0 saturated heterocycles. The Hall–Kier alpha value is -4.18. The summed E-state index contributed by atoms with van der Waals surface area (Å²) in [5.41, 5.74) is 5.78. The van der Waals surface area contributed by atoms with Crippen LogP contribution in [0.15, 0.2) is 111 Å². The summed E-state index contributed by atoms with van der Waals surface area (Å²) >= 11 is 0. The number of aromatic nitrogens is 2. The van der Waals surface area contributed by atoms with Crippen molar-refractivity contribution in [2.75, 3.05) is 13.2 Å². The highest BCUT2D eigenvalue weighted by Crippen LogP contribution is 2.27. The van der Waals surface area contributed by atoms with Gasteiger partial charge in [0.05, 0.1) is 11.4 Å². The number of rotatable bonds is 9. The maximum absolute atomic E-state index is 5.62. The highest BCUT2D eigenvalue weighted by Gasteiger charge is 2.06. The van der Waals surface area contributed by atoms with Crippen molar-refractivity contribution in [2.24, 2.45) is 0 Å². The first-order valence-corrected chi connectivity index (χ1v) is 10.4. The average molecular weight is 421 g/mol. The smallest absolute Gasteiger partial charge is 0.120 e. The summed E-state index contributed by atoms with van der Waals surface area (Å²) in [5.74, 6) is 1.62. The van der Waals surface area contributed by atoms with Gasteiger partial charge >= 0.3 is 0 Å². The van der Waals surface area contributed by atoms with Gasteiger partial charge in [-0.05, 0) is 47.5 Å². The van der Waals surface area contributed by atoms with Crippen LogP contribution in [-0.2, 0) is 0 Å². The minimum Gasteiger partial charge on any atom is -0.490 e. The Morgan fingerprint density at radius 1 is 0.594 bits per heavy atom. The molecule has 158 valence electrons. The Morgan fingerprint density at radius 2 is 1.06 bits per heavy atom. The van der Waals surface area contributed by atoms with E-state index in [1.54, 1.807) is 12.2 Å². The lowest BCUT2D eigenvalue weighted by atomic mass is 10.1. The van der Waals surface area contributed by atoms with Crippen molar-refractivity contribution < 1.29 is 9.47 Å². The van der Waals surface area contributed by atoms with E-state index in [1.165, 1.54) is 0 Å². The Bertz CT molecular complexity index is 1100. The highest BCUT2D eigenvalue weighted by atomic mass is 16.5. The molecule has 0 N–H and O–H groups in total. The van der Waals surface area contributed by atoms with Gasteiger partial charge in [-0.15, -0.1) is 0 Å². The lowest BCUT2D eigenvalue weighted by Crippen LogP contribution is -1.93. The van der Waals surface area contributed by atoms with E-state index in [1.807, 2.05) is 85.2 Å². The van der Waals surface area contributed by atoms with Crippen LogP contribution in [0.4, 0.5) is 0 Å². The van der Waals surface area contributed by atoms with Crippen LogP contribution >= 0.6 is 0 Å². The summed E-state index contributed by atoms with van der Waals surface area (Å²) in [4.78, 5) is 9.24. The van der Waals surface area contributed by atoms with Gasteiger partial charge in [0, 0.05) is 23.5 Å². The van der Waals surface area contributed by atoms with Gasteiger partial charge in [0.1, 0.15) is 24.7 Å². The molecule has 0 fully saturated rings. The first-order valence-electron chi connectivity index (χ1n) is 10.4. The minimum atomic E-state index is 0.481. The van der Waals surface area contributed by atoms with Crippen LogP contribution in [0.3, 0.4) is 0 Å². The molecule has 2 heterocycles. The Kier molecular flexibility index (Phi) is 6.73. The van der Waals surface area contributed by atoms with Crippen molar-refractivity contribution in [1.29, 1.82) is 0 Å². The lowest BCUT2D eigenvalue weighted by Gasteiger charge is -2.08. The highest BCUT2D eigenvalue weighted by molar-refractivity contribution is 5.69. The van der Waals surface area contributed by atoms with Crippen LogP contribution in [0, 0.1) is 0 Å². The molecule has 4 heteroatoms. The third-order valence-corrected chi connectivity index (χ3v) is 4.86. The number of hydrogen-bond acceptors (Lipinski definition) is 4. The first-order chi connectivity index (χ1) is 15.8. The second-order valence-corrected chi connectivity index (χ2v) is 7.12. The molecule has 0 aliphatic carbocycles. The second kappa shape index (κ2) is 10.2. The fraction of sp³-hybridized carbons (Fsp3) is 0.0714. The Labute approximate surface area is 188 Å². The molecule has 4 rings (SSSR count). The molecule has 2 aromatic heterocycles. The topological polar surface area (TPSA) is 44.2 Å². The largest absolute Gasteiger partial charge is 0.490 e. The second-order valence-electron chi connectivity index (χ2n) is 7.12. The molecule has 0 radical (unpaired) electrons. The van der Waals surface area contributed by atoms with Crippen molar-refractivity contribution in [3.8, 4) is 45.1 Å². The van der Waals surface area contributed by atoms with E-state index in [0.717, 1.165) is 45.1 Å². The van der Waals surface area contributed by atoms with Crippen molar-refractivity contribution in [1.82, 2.24) is 9.97 Å². The number of ether oxygens (including phenoxy) is 2. The van der Waals surface area contributed by atoms with Gasteiger partial charge in [-0.3, -0.25) is 9.97 Å². The van der Waals surface area contributed by atoms with E-state index in [9.17, 15) is 0 Å². The normalized spacial score (nSPS) is 10.4. The molecule has 0 amide bonds. The van der Waals surface area contributed by atoms with Crippen LogP contribution in [0.25, 0.3) is 33.6 Å². The van der Waals surface area contributed by atoms with Gasteiger partial charge in [-0.2, -0.15) is 0 Å². The summed E-state index contributed by atoms with van der Waals surface area (Å²) in [6.07, 6.45) is 7.18. The molecule has 4 nitrogen and oxygen atoms in total. The van der Waals surface area contributed by atoms with Crippen LogP contribution in [0.1, 0.15) is 0 Å². The van der Waals surface area contributed by atoms with Crippen LogP contribution in [0.2, 0.25) is 0 Å². The first kappa shape index (κ1) is 21.1. The maximum atomic E-state index is 5.62. The molecular formula is C28H24N2O2. The molecule has 0 unspecified atom stereocenters. The van der Waals surface area contributed by atoms with Gasteiger partial charge in [-0.25, -0.2) is 0 Å². The number of hydrogen-bond donors (Lipinski definition) is 0. The summed E-state index contributed by atoms with van der Waals surface area (Å²) in [6.45, 7) is 8.33. The monoisotopic (exact) mass is 420 g/mol. The standard InChI is InChI=1S/C28H24N2O2/c1-3-15-31-25-9-5-7-21(17-25)23-11-13-27(29-19-23)28-14-12-24(20-30-28)22-8-6-10-26(18-22)32-16-4-2/h3-14,17-20H,1-2,15-16H2. The zero-order valence-electron chi connectivity index (χ0n) is 17.8. The number of nitrogens with zero attached hydrogens (tertiary/aromatic N) is 2. The average Bonchev–Trinajstić information content (AvgIpc) is 2.87. The van der Waals surface area contributed by atoms with Gasteiger partial charge in [0.2, 0.25) is 0 Å². The molecule has 0 bridgehead atoms. The van der Waals surface area contributed by atoms with Gasteiger partial charge in [0.15, 0.2) is 0 Å². The third-order valence-electron chi connectivity index (χ3n) is 4.86. The zero-order chi connectivity index (χ0) is 22.2. The van der Waals surface area contributed by atoms with E-state index < -0.39 is 0 Å². The fourth-order valence-electron chi connectivity index (χ4n) is 3.27. The molecule has 0 aliphatic rings. The van der Waals surface area contributed by atoms with Crippen LogP contribution < -0.4 is 9.47 Å². The van der Waals surface area contributed by atoms with Gasteiger partial charge in [-0.1, -0.05) is 61.7 Å². The molecule has 0 atom stereocenters. The van der Waals surface area contributed by atoms with Crippen LogP contribution in [-0.4, -0.2) is 23.2 Å². The molecule has 0 aliphatic heterocycles. The molecular weight excluding hydrogens is 396 g/mol. The fourth-order valence-corrected chi connectivity index (χ4v) is 3.27. The van der Waals surface area contributed by atoms with Crippen molar-refractivity contribution in [3.63, 3.8) is 0 Å². The third kappa shape index (κ3) is 5.10. The predicted molar refractivity (Wildman–Crippen MR) is 130 cm³/mol. The summed E-state index contributed by atoms with van der Waals surface area (Å²) in [6, 6.07) is 23.9. The summed E-state index contributed by atoms with van der Waals surface area (Å²) in [7, 11) is 0. The van der Waals surface area contributed by atoms with Crippen molar-refractivity contribution in [3.05, 3.63) is 111 Å². The van der Waals surface area contributed by atoms with E-state index in [0.29, 0.717) is 13.2 Å². The van der Waals surface area contributed by atoms with E-state index in [-0.39, 0.29) is 0 Å². The van der Waals surface area contributed by atoms with Crippen molar-refractivity contribution in [2.45, 2.75) is 0 Å². The SMILES string of the molecule is C=CCOc1cccc(-c2ccc(-c3ccc(-c4cccc(OCC=C)c4)cn3)nc2)c1. The predicted octanol–water partition coefficient (Wildman–Crippen LogP) is 6.61. The van der Waals surface area contributed by atoms with Gasteiger partial charge in [0.25, 0.3) is 0 Å². The lowest BCUT2D eigenvalue weighted by molar-refractivity contribution is 0.363. The van der Waals surface area contributed by atoms with E-state index in [2.05, 4.69) is 23.1 Å². The quantitative estimate of drug-likeness (QED) is 0.286. The molecule has 4 aromatic rings. The molecule has 32 heavy (non-hydrogen) atoms. The summed E-state index contributed by atoms with van der Waals surface area (Å²) in [5, 5.41) is 0. The van der Waals surface area contributed by atoms with E-state index >= 15 is 0 Å². The van der Waals surface area contributed by atoms with Crippen molar-refractivity contribution >= 4 is 0 Å². The Morgan fingerprint density at radius 3 is 1.44 bits per heavy atom. The minimum absolute atomic E-state index is 0.481. The number of pyridine rings is 2. The van der Waals surface area contributed by atoms with Gasteiger partial charge < -0.3 is 9.47 Å². The Balaban J connectivity index is 1.50. The summed E-state index contributed by atoms with van der Waals surface area (Å²) < 4.78 is 11.2. The maximum Gasteiger partial charge on any atom is 0.120 e.